The molecule has 1 unspecified atom stereocenters. The van der Waals surface area contributed by atoms with Crippen LogP contribution in [0.15, 0.2) is 24.5 Å². The van der Waals surface area contributed by atoms with E-state index < -0.39 is 0 Å². The predicted octanol–water partition coefficient (Wildman–Crippen LogP) is 0.528. The second kappa shape index (κ2) is 4.53. The molecule has 1 aliphatic heterocycles. The van der Waals surface area contributed by atoms with Gasteiger partial charge in [-0.25, -0.2) is 0 Å². The number of likely N-dealkylation sites (N-methyl/N-ethyl adjacent to an activating group) is 1. The average Bonchev–Trinajstić information content (AvgIpc) is 2.19. The second-order valence-electron chi connectivity index (χ2n) is 3.98. The van der Waals surface area contributed by atoms with Gasteiger partial charge in [-0.3, -0.25) is 4.98 Å². The molecule has 0 aromatic carbocycles. The van der Waals surface area contributed by atoms with Crippen molar-refractivity contribution in [1.82, 2.24) is 15.2 Å². The Bertz CT molecular complexity index is 273. The summed E-state index contributed by atoms with van der Waals surface area (Å²) in [6.45, 7) is 3.39. The summed E-state index contributed by atoms with van der Waals surface area (Å²) in [4.78, 5) is 6.50. The van der Waals surface area contributed by atoms with Crippen LogP contribution in [0.5, 0.6) is 0 Å². The average molecular weight is 191 g/mol. The Kier molecular flexibility index (Phi) is 3.11. The lowest BCUT2D eigenvalue weighted by Gasteiger charge is -2.30. The molecule has 2 heterocycles. The molecule has 0 saturated carbocycles. The Balaban J connectivity index is 1.91. The standard InChI is InChI=1S/C11H17N3/c1-14-6-5-13-11(9-14)7-10-3-2-4-12-8-10/h2-4,8,11,13H,5-7,9H2,1H3. The van der Waals surface area contributed by atoms with Gasteiger partial charge in [0.05, 0.1) is 0 Å². The zero-order valence-corrected chi connectivity index (χ0v) is 8.61. The lowest BCUT2D eigenvalue weighted by molar-refractivity contribution is 0.238. The zero-order valence-electron chi connectivity index (χ0n) is 8.61. The second-order valence-corrected chi connectivity index (χ2v) is 3.98. The molecule has 1 fully saturated rings. The molecule has 3 heteroatoms. The van der Waals surface area contributed by atoms with Crippen molar-refractivity contribution in [1.29, 1.82) is 0 Å². The van der Waals surface area contributed by atoms with Gasteiger partial charge in [0.2, 0.25) is 0 Å². The van der Waals surface area contributed by atoms with Gasteiger partial charge in [0, 0.05) is 38.1 Å². The fourth-order valence-corrected chi connectivity index (χ4v) is 1.93. The minimum atomic E-state index is 0.581. The van der Waals surface area contributed by atoms with Crippen LogP contribution in [0.25, 0.3) is 0 Å². The van der Waals surface area contributed by atoms with Crippen molar-refractivity contribution in [3.8, 4) is 0 Å². The highest BCUT2D eigenvalue weighted by Gasteiger charge is 2.16. The van der Waals surface area contributed by atoms with Gasteiger partial charge in [0.15, 0.2) is 0 Å². The maximum atomic E-state index is 4.13. The first-order valence-electron chi connectivity index (χ1n) is 5.15. The highest BCUT2D eigenvalue weighted by molar-refractivity contribution is 5.10. The number of nitrogens with zero attached hydrogens (tertiary/aromatic N) is 2. The predicted molar refractivity (Wildman–Crippen MR) is 57.2 cm³/mol. The topological polar surface area (TPSA) is 28.2 Å². The smallest absolute Gasteiger partial charge is 0.0300 e. The maximum Gasteiger partial charge on any atom is 0.0300 e. The Morgan fingerprint density at radius 1 is 1.64 bits per heavy atom. The summed E-state index contributed by atoms with van der Waals surface area (Å²) in [6, 6.07) is 4.73. The summed E-state index contributed by atoms with van der Waals surface area (Å²) in [6.07, 6.45) is 4.86. The van der Waals surface area contributed by atoms with Gasteiger partial charge >= 0.3 is 0 Å². The summed E-state index contributed by atoms with van der Waals surface area (Å²) in [5.74, 6) is 0. The fraction of sp³-hybridized carbons (Fsp3) is 0.545. The summed E-state index contributed by atoms with van der Waals surface area (Å²) in [5, 5.41) is 3.53. The van der Waals surface area contributed by atoms with E-state index in [0.29, 0.717) is 6.04 Å². The van der Waals surface area contributed by atoms with E-state index in [1.54, 1.807) is 0 Å². The molecule has 0 radical (unpaired) electrons. The first-order valence-corrected chi connectivity index (χ1v) is 5.15. The number of hydrogen-bond acceptors (Lipinski definition) is 3. The molecule has 1 aliphatic rings. The molecular formula is C11H17N3. The van der Waals surface area contributed by atoms with Gasteiger partial charge in [-0.15, -0.1) is 0 Å². The summed E-state index contributed by atoms with van der Waals surface area (Å²) in [5.41, 5.74) is 1.32. The van der Waals surface area contributed by atoms with Crippen molar-refractivity contribution in [2.45, 2.75) is 12.5 Å². The largest absolute Gasteiger partial charge is 0.311 e. The van der Waals surface area contributed by atoms with Gasteiger partial charge in [0.25, 0.3) is 0 Å². The molecule has 1 aromatic rings. The minimum Gasteiger partial charge on any atom is -0.311 e. The van der Waals surface area contributed by atoms with Crippen molar-refractivity contribution >= 4 is 0 Å². The molecule has 0 bridgehead atoms. The van der Waals surface area contributed by atoms with Crippen LogP contribution < -0.4 is 5.32 Å². The van der Waals surface area contributed by atoms with Crippen LogP contribution in [0.3, 0.4) is 0 Å². The van der Waals surface area contributed by atoms with E-state index in [1.165, 1.54) is 5.56 Å². The van der Waals surface area contributed by atoms with E-state index in [-0.39, 0.29) is 0 Å². The number of piperazine rings is 1. The highest BCUT2D eigenvalue weighted by atomic mass is 15.2. The first kappa shape index (κ1) is 9.62. The van der Waals surface area contributed by atoms with Gasteiger partial charge in [-0.2, -0.15) is 0 Å². The van der Waals surface area contributed by atoms with Crippen LogP contribution in [-0.4, -0.2) is 42.6 Å². The molecule has 0 amide bonds. The zero-order chi connectivity index (χ0) is 9.80. The normalized spacial score (nSPS) is 23.6. The van der Waals surface area contributed by atoms with Crippen LogP contribution in [0.4, 0.5) is 0 Å². The first-order chi connectivity index (χ1) is 6.84. The van der Waals surface area contributed by atoms with Crippen LogP contribution in [0, 0.1) is 0 Å². The lowest BCUT2D eigenvalue weighted by Crippen LogP contribution is -2.49. The third-order valence-corrected chi connectivity index (χ3v) is 2.66. The summed E-state index contributed by atoms with van der Waals surface area (Å²) in [7, 11) is 2.18. The van der Waals surface area contributed by atoms with Gasteiger partial charge < -0.3 is 10.2 Å². The van der Waals surface area contributed by atoms with E-state index in [9.17, 15) is 0 Å². The minimum absolute atomic E-state index is 0.581. The Labute approximate surface area is 85.1 Å². The number of pyridine rings is 1. The van der Waals surface area contributed by atoms with Crippen molar-refractivity contribution in [2.75, 3.05) is 26.7 Å². The van der Waals surface area contributed by atoms with Gasteiger partial charge in [0.1, 0.15) is 0 Å². The van der Waals surface area contributed by atoms with Gasteiger partial charge in [-0.1, -0.05) is 6.07 Å². The SMILES string of the molecule is CN1CCNC(Cc2cccnc2)C1. The molecular weight excluding hydrogens is 174 g/mol. The molecule has 0 aliphatic carbocycles. The number of nitrogens with one attached hydrogen (secondary N) is 1. The highest BCUT2D eigenvalue weighted by Crippen LogP contribution is 2.04. The third kappa shape index (κ3) is 2.53. The molecule has 1 N–H and O–H groups in total. The van der Waals surface area contributed by atoms with Crippen molar-refractivity contribution in [3.05, 3.63) is 30.1 Å². The molecule has 1 atom stereocenters. The molecule has 0 spiro atoms. The quantitative estimate of drug-likeness (QED) is 0.739. The third-order valence-electron chi connectivity index (χ3n) is 2.66. The number of aromatic nitrogens is 1. The van der Waals surface area contributed by atoms with Crippen molar-refractivity contribution in [2.24, 2.45) is 0 Å². The number of rotatable bonds is 2. The van der Waals surface area contributed by atoms with Crippen LogP contribution in [0.2, 0.25) is 0 Å². The molecule has 14 heavy (non-hydrogen) atoms. The molecule has 3 nitrogen and oxygen atoms in total. The summed E-state index contributed by atoms with van der Waals surface area (Å²) < 4.78 is 0. The van der Waals surface area contributed by atoms with Crippen LogP contribution in [0.1, 0.15) is 5.56 Å². The monoisotopic (exact) mass is 191 g/mol. The lowest BCUT2D eigenvalue weighted by atomic mass is 10.1. The van der Waals surface area contributed by atoms with E-state index >= 15 is 0 Å². The Morgan fingerprint density at radius 2 is 2.57 bits per heavy atom. The fourth-order valence-electron chi connectivity index (χ4n) is 1.93. The van der Waals surface area contributed by atoms with Crippen LogP contribution in [-0.2, 0) is 6.42 Å². The molecule has 1 saturated heterocycles. The van der Waals surface area contributed by atoms with E-state index in [1.807, 2.05) is 18.5 Å². The van der Waals surface area contributed by atoms with E-state index in [2.05, 4.69) is 28.3 Å². The Morgan fingerprint density at radius 3 is 3.29 bits per heavy atom. The van der Waals surface area contributed by atoms with E-state index in [4.69, 9.17) is 0 Å². The Hall–Kier alpha value is -0.930. The van der Waals surface area contributed by atoms with Crippen molar-refractivity contribution < 1.29 is 0 Å². The summed E-state index contributed by atoms with van der Waals surface area (Å²) >= 11 is 0. The van der Waals surface area contributed by atoms with Gasteiger partial charge in [-0.05, 0) is 25.1 Å². The van der Waals surface area contributed by atoms with E-state index in [0.717, 1.165) is 26.1 Å². The molecule has 76 valence electrons. The van der Waals surface area contributed by atoms with Crippen molar-refractivity contribution in [3.63, 3.8) is 0 Å². The number of hydrogen-bond donors (Lipinski definition) is 1. The molecule has 2 rings (SSSR count). The molecule has 1 aromatic heterocycles. The van der Waals surface area contributed by atoms with Crippen LogP contribution >= 0.6 is 0 Å². The maximum absolute atomic E-state index is 4.13.